The first-order valence-corrected chi connectivity index (χ1v) is 8.21. The summed E-state index contributed by atoms with van der Waals surface area (Å²) in [6.45, 7) is 2.91. The number of nitro benzene ring substituents is 1. The molecule has 0 spiro atoms. The summed E-state index contributed by atoms with van der Waals surface area (Å²) in [5.41, 5.74) is -0.355. The van der Waals surface area contributed by atoms with Gasteiger partial charge in [0.05, 0.1) is 34.4 Å². The zero-order chi connectivity index (χ0) is 20.1. The van der Waals surface area contributed by atoms with E-state index in [-0.39, 0.29) is 28.5 Å². The summed E-state index contributed by atoms with van der Waals surface area (Å²) in [4.78, 5) is 46.1. The van der Waals surface area contributed by atoms with Crippen molar-refractivity contribution in [2.24, 2.45) is 0 Å². The van der Waals surface area contributed by atoms with Crippen LogP contribution < -0.4 is 10.6 Å². The summed E-state index contributed by atoms with van der Waals surface area (Å²) in [7, 11) is 0. The second-order valence-corrected chi connectivity index (χ2v) is 5.84. The topological polar surface area (TPSA) is 137 Å². The molecule has 1 aromatic rings. The Labute approximate surface area is 158 Å². The van der Waals surface area contributed by atoms with Crippen molar-refractivity contribution in [3.8, 4) is 0 Å². The number of amides is 2. The number of carbonyl (C=O) groups is 3. The number of hydrogen-bond acceptors (Lipinski definition) is 7. The fraction of sp³-hybridized carbons (Fsp3) is 0.312. The number of urea groups is 1. The molecule has 0 bridgehead atoms. The van der Waals surface area contributed by atoms with Crippen molar-refractivity contribution in [3.05, 3.63) is 50.2 Å². The number of halogens is 1. The zero-order valence-electron chi connectivity index (χ0n) is 14.4. The van der Waals surface area contributed by atoms with Gasteiger partial charge in [-0.05, 0) is 26.0 Å². The zero-order valence-corrected chi connectivity index (χ0v) is 15.2. The maximum Gasteiger partial charge on any atom is 0.338 e. The Morgan fingerprint density at radius 3 is 2.63 bits per heavy atom. The Bertz CT molecular complexity index is 837. The van der Waals surface area contributed by atoms with E-state index in [0.29, 0.717) is 0 Å². The molecular formula is C16H16ClN3O7. The SMILES string of the molecule is CCOC(=O)C1=C(COC(=O)c2ccc(Cl)c([N+](=O)[O-])c2)NC(=O)N[C@H]1C. The Morgan fingerprint density at radius 2 is 2.00 bits per heavy atom. The molecule has 1 aliphatic rings. The van der Waals surface area contributed by atoms with Crippen LogP contribution in [0.2, 0.25) is 5.02 Å². The van der Waals surface area contributed by atoms with Crippen molar-refractivity contribution in [1.82, 2.24) is 10.6 Å². The first-order valence-electron chi connectivity index (χ1n) is 7.83. The molecule has 0 saturated carbocycles. The third kappa shape index (κ3) is 4.73. The molecule has 1 atom stereocenters. The van der Waals surface area contributed by atoms with Crippen LogP contribution in [0.3, 0.4) is 0 Å². The van der Waals surface area contributed by atoms with Gasteiger partial charge in [0.1, 0.15) is 11.6 Å². The number of hydrogen-bond donors (Lipinski definition) is 2. The van der Waals surface area contributed by atoms with Crippen molar-refractivity contribution in [3.63, 3.8) is 0 Å². The molecule has 2 N–H and O–H groups in total. The van der Waals surface area contributed by atoms with E-state index in [1.54, 1.807) is 13.8 Å². The van der Waals surface area contributed by atoms with E-state index in [4.69, 9.17) is 21.1 Å². The van der Waals surface area contributed by atoms with Gasteiger partial charge in [0.15, 0.2) is 0 Å². The van der Waals surface area contributed by atoms with Crippen molar-refractivity contribution in [2.75, 3.05) is 13.2 Å². The third-order valence-corrected chi connectivity index (χ3v) is 3.91. The number of nitro groups is 1. The molecule has 0 unspecified atom stereocenters. The Kier molecular flexibility index (Phi) is 6.35. The number of ether oxygens (including phenoxy) is 2. The minimum Gasteiger partial charge on any atom is -0.463 e. The molecule has 2 amide bonds. The van der Waals surface area contributed by atoms with E-state index in [1.807, 2.05) is 0 Å². The van der Waals surface area contributed by atoms with Crippen LogP contribution in [0.25, 0.3) is 0 Å². The van der Waals surface area contributed by atoms with Crippen molar-refractivity contribution in [1.29, 1.82) is 0 Å². The predicted octanol–water partition coefficient (Wildman–Crippen LogP) is 1.92. The first kappa shape index (κ1) is 20.2. The molecule has 1 aromatic carbocycles. The van der Waals surface area contributed by atoms with Crippen molar-refractivity contribution >= 4 is 35.3 Å². The third-order valence-electron chi connectivity index (χ3n) is 3.59. The molecular weight excluding hydrogens is 382 g/mol. The summed E-state index contributed by atoms with van der Waals surface area (Å²) >= 11 is 5.70. The molecule has 0 fully saturated rings. The highest BCUT2D eigenvalue weighted by molar-refractivity contribution is 6.32. The maximum absolute atomic E-state index is 12.2. The van der Waals surface area contributed by atoms with Gasteiger partial charge >= 0.3 is 18.0 Å². The molecule has 11 heteroatoms. The lowest BCUT2D eigenvalue weighted by atomic mass is 10.0. The molecule has 0 saturated heterocycles. The van der Waals surface area contributed by atoms with Crippen LogP contribution in [-0.4, -0.2) is 42.1 Å². The number of nitrogens with zero attached hydrogens (tertiary/aromatic N) is 1. The van der Waals surface area contributed by atoms with Gasteiger partial charge in [-0.1, -0.05) is 11.6 Å². The van der Waals surface area contributed by atoms with E-state index < -0.39 is 41.2 Å². The largest absolute Gasteiger partial charge is 0.463 e. The lowest BCUT2D eigenvalue weighted by Gasteiger charge is -2.26. The van der Waals surface area contributed by atoms with Gasteiger partial charge in [0.2, 0.25) is 0 Å². The van der Waals surface area contributed by atoms with Gasteiger partial charge in [-0.3, -0.25) is 10.1 Å². The fourth-order valence-electron chi connectivity index (χ4n) is 2.39. The first-order chi connectivity index (χ1) is 12.7. The van der Waals surface area contributed by atoms with Crippen LogP contribution in [0.15, 0.2) is 29.5 Å². The number of carbonyl (C=O) groups excluding carboxylic acids is 3. The minimum absolute atomic E-state index is 0.0708. The average Bonchev–Trinajstić information content (AvgIpc) is 2.59. The molecule has 10 nitrogen and oxygen atoms in total. The Morgan fingerprint density at radius 1 is 1.30 bits per heavy atom. The summed E-state index contributed by atoms with van der Waals surface area (Å²) in [6.07, 6.45) is 0. The van der Waals surface area contributed by atoms with Gasteiger partial charge in [-0.15, -0.1) is 0 Å². The predicted molar refractivity (Wildman–Crippen MR) is 93.2 cm³/mol. The lowest BCUT2D eigenvalue weighted by molar-refractivity contribution is -0.384. The smallest absolute Gasteiger partial charge is 0.338 e. The van der Waals surface area contributed by atoms with E-state index in [9.17, 15) is 24.5 Å². The Balaban J connectivity index is 2.21. The van der Waals surface area contributed by atoms with Gasteiger partial charge in [-0.25, -0.2) is 14.4 Å². The van der Waals surface area contributed by atoms with Crippen LogP contribution in [-0.2, 0) is 14.3 Å². The molecule has 0 radical (unpaired) electrons. The summed E-state index contributed by atoms with van der Waals surface area (Å²) in [5, 5.41) is 15.7. The monoisotopic (exact) mass is 397 g/mol. The number of nitrogens with one attached hydrogen (secondary N) is 2. The minimum atomic E-state index is -0.883. The molecule has 1 heterocycles. The van der Waals surface area contributed by atoms with Crippen LogP contribution in [0.1, 0.15) is 24.2 Å². The normalized spacial score (nSPS) is 16.3. The highest BCUT2D eigenvalue weighted by Crippen LogP contribution is 2.25. The van der Waals surface area contributed by atoms with Crippen molar-refractivity contribution < 1.29 is 28.8 Å². The van der Waals surface area contributed by atoms with Gasteiger partial charge in [0.25, 0.3) is 5.69 Å². The van der Waals surface area contributed by atoms with Gasteiger partial charge < -0.3 is 20.1 Å². The lowest BCUT2D eigenvalue weighted by Crippen LogP contribution is -2.50. The van der Waals surface area contributed by atoms with E-state index in [1.165, 1.54) is 12.1 Å². The molecule has 27 heavy (non-hydrogen) atoms. The standard InChI is InChI=1S/C16H16ClN3O7/c1-3-26-15(22)13-8(2)18-16(23)19-11(13)7-27-14(21)9-4-5-10(17)12(6-9)20(24)25/h4-6,8H,3,7H2,1-2H3,(H2,18,19,23)/t8-/m0/s1. The number of esters is 2. The fourth-order valence-corrected chi connectivity index (χ4v) is 2.58. The quantitative estimate of drug-likeness (QED) is 0.425. The summed E-state index contributed by atoms with van der Waals surface area (Å²) in [5.74, 6) is -1.54. The average molecular weight is 398 g/mol. The van der Waals surface area contributed by atoms with E-state index in [0.717, 1.165) is 6.07 Å². The molecule has 1 aliphatic heterocycles. The van der Waals surface area contributed by atoms with Crippen LogP contribution in [0.5, 0.6) is 0 Å². The highest BCUT2D eigenvalue weighted by Gasteiger charge is 2.30. The van der Waals surface area contributed by atoms with Gasteiger partial charge in [0, 0.05) is 6.07 Å². The van der Waals surface area contributed by atoms with Crippen molar-refractivity contribution in [2.45, 2.75) is 19.9 Å². The number of rotatable bonds is 6. The molecule has 144 valence electrons. The second-order valence-electron chi connectivity index (χ2n) is 5.43. The highest BCUT2D eigenvalue weighted by atomic mass is 35.5. The van der Waals surface area contributed by atoms with Crippen LogP contribution in [0, 0.1) is 10.1 Å². The molecule has 2 rings (SSSR count). The second kappa shape index (κ2) is 8.49. The number of benzene rings is 1. The van der Waals surface area contributed by atoms with E-state index in [2.05, 4.69) is 10.6 Å². The van der Waals surface area contributed by atoms with Gasteiger partial charge in [-0.2, -0.15) is 0 Å². The maximum atomic E-state index is 12.2. The molecule has 0 aromatic heterocycles. The van der Waals surface area contributed by atoms with E-state index >= 15 is 0 Å². The summed E-state index contributed by atoms with van der Waals surface area (Å²) in [6, 6.07) is 2.23. The summed E-state index contributed by atoms with van der Waals surface area (Å²) < 4.78 is 10.0. The Hall–Kier alpha value is -3.14. The van der Waals surface area contributed by atoms with Crippen LogP contribution in [0.4, 0.5) is 10.5 Å². The molecule has 0 aliphatic carbocycles. The van der Waals surface area contributed by atoms with Crippen LogP contribution >= 0.6 is 11.6 Å².